The van der Waals surface area contributed by atoms with E-state index in [2.05, 4.69) is 6.92 Å². The van der Waals surface area contributed by atoms with Crippen LogP contribution in [0.25, 0.3) is 0 Å². The van der Waals surface area contributed by atoms with Crippen LogP contribution >= 0.6 is 0 Å². The van der Waals surface area contributed by atoms with Gasteiger partial charge in [-0.2, -0.15) is 4.31 Å². The molecule has 1 heterocycles. The Balaban J connectivity index is 2.40. The van der Waals surface area contributed by atoms with Crippen LogP contribution in [0, 0.1) is 6.92 Å². The molecule has 0 bridgehead atoms. The largest absolute Gasteiger partial charge is 0.391 e. The Hall–Kier alpha value is -0.910. The van der Waals surface area contributed by atoms with Crippen molar-refractivity contribution >= 4 is 10.0 Å². The first-order valence-electron chi connectivity index (χ1n) is 7.66. The highest BCUT2D eigenvalue weighted by atomic mass is 32.2. The lowest BCUT2D eigenvalue weighted by Gasteiger charge is -2.42. The fraction of sp³-hybridized carbons (Fsp3) is 0.625. The second-order valence-electron chi connectivity index (χ2n) is 5.98. The third-order valence-corrected chi connectivity index (χ3v) is 6.39. The van der Waals surface area contributed by atoms with E-state index >= 15 is 0 Å². The maximum Gasteiger partial charge on any atom is 0.243 e. The van der Waals surface area contributed by atoms with Crippen molar-refractivity contribution in [2.75, 3.05) is 0 Å². The van der Waals surface area contributed by atoms with Gasteiger partial charge in [0.05, 0.1) is 11.0 Å². The minimum Gasteiger partial charge on any atom is -0.391 e. The molecule has 0 unspecified atom stereocenters. The predicted octanol–water partition coefficient (Wildman–Crippen LogP) is 2.70. The van der Waals surface area contributed by atoms with Crippen molar-refractivity contribution in [3.8, 4) is 0 Å². The lowest BCUT2D eigenvalue weighted by molar-refractivity contribution is 0.0320. The highest BCUT2D eigenvalue weighted by Crippen LogP contribution is 2.32. The summed E-state index contributed by atoms with van der Waals surface area (Å²) >= 11 is 0. The lowest BCUT2D eigenvalue weighted by atomic mass is 9.94. The number of nitrogens with zero attached hydrogens (tertiary/aromatic N) is 1. The number of aryl methyl sites for hydroxylation is 1. The van der Waals surface area contributed by atoms with Gasteiger partial charge >= 0.3 is 0 Å². The normalized spacial score (nSPS) is 27.7. The van der Waals surface area contributed by atoms with Crippen molar-refractivity contribution in [3.05, 3.63) is 29.8 Å². The van der Waals surface area contributed by atoms with Gasteiger partial charge in [-0.1, -0.05) is 31.0 Å². The molecule has 1 aromatic carbocycles. The summed E-state index contributed by atoms with van der Waals surface area (Å²) in [5.74, 6) is 0. The molecule has 118 valence electrons. The number of sulfonamides is 1. The molecule has 0 saturated carbocycles. The fourth-order valence-corrected chi connectivity index (χ4v) is 4.99. The summed E-state index contributed by atoms with van der Waals surface area (Å²) in [4.78, 5) is 0.315. The first-order valence-corrected chi connectivity index (χ1v) is 9.10. The van der Waals surface area contributed by atoms with Crippen LogP contribution in [0.1, 0.15) is 45.1 Å². The van der Waals surface area contributed by atoms with Crippen LogP contribution in [0.5, 0.6) is 0 Å². The quantitative estimate of drug-likeness (QED) is 0.930. The molecule has 1 N–H and O–H groups in total. The van der Waals surface area contributed by atoms with Gasteiger partial charge in [0.15, 0.2) is 0 Å². The SMILES string of the molecule is CCC[C@H]1CC[C@H](O)[C@@H](C)N1S(=O)(=O)c1ccc(C)cc1. The van der Waals surface area contributed by atoms with E-state index < -0.39 is 16.1 Å². The van der Waals surface area contributed by atoms with Crippen LogP contribution in [-0.2, 0) is 10.0 Å². The number of aliphatic hydroxyl groups is 1. The van der Waals surface area contributed by atoms with E-state index in [-0.39, 0.29) is 12.1 Å². The van der Waals surface area contributed by atoms with Gasteiger partial charge in [0.1, 0.15) is 0 Å². The van der Waals surface area contributed by atoms with E-state index in [0.717, 1.165) is 24.8 Å². The van der Waals surface area contributed by atoms with Gasteiger partial charge in [-0.15, -0.1) is 0 Å². The molecule has 0 radical (unpaired) electrons. The zero-order chi connectivity index (χ0) is 15.6. The second-order valence-corrected chi connectivity index (χ2v) is 7.82. The van der Waals surface area contributed by atoms with Crippen LogP contribution in [0.3, 0.4) is 0 Å². The van der Waals surface area contributed by atoms with Crippen LogP contribution in [0.2, 0.25) is 0 Å². The average Bonchev–Trinajstić information content (AvgIpc) is 2.43. The number of aliphatic hydroxyl groups excluding tert-OH is 1. The standard InChI is InChI=1S/C16H25NO3S/c1-4-5-14-8-11-16(18)13(3)17(14)21(19,20)15-9-6-12(2)7-10-15/h6-7,9-10,13-14,16,18H,4-5,8,11H2,1-3H3/t13-,14+,16+/m1/s1. The highest BCUT2D eigenvalue weighted by molar-refractivity contribution is 7.89. The van der Waals surface area contributed by atoms with Crippen LogP contribution in [0.4, 0.5) is 0 Å². The Morgan fingerprint density at radius 2 is 1.86 bits per heavy atom. The van der Waals surface area contributed by atoms with Crippen molar-refractivity contribution in [2.24, 2.45) is 0 Å². The highest BCUT2D eigenvalue weighted by Gasteiger charge is 2.41. The Morgan fingerprint density at radius 3 is 2.43 bits per heavy atom. The molecule has 0 aliphatic carbocycles. The third kappa shape index (κ3) is 3.30. The summed E-state index contributed by atoms with van der Waals surface area (Å²) < 4.78 is 27.4. The van der Waals surface area contributed by atoms with Gasteiger partial charge in [-0.05, 0) is 45.2 Å². The lowest BCUT2D eigenvalue weighted by Crippen LogP contribution is -2.54. The molecule has 1 fully saturated rings. The molecule has 4 nitrogen and oxygen atoms in total. The molecule has 0 amide bonds. The molecule has 0 aromatic heterocycles. The van der Waals surface area contributed by atoms with Crippen molar-refractivity contribution < 1.29 is 13.5 Å². The van der Waals surface area contributed by atoms with Crippen molar-refractivity contribution in [3.63, 3.8) is 0 Å². The fourth-order valence-electron chi connectivity index (χ4n) is 3.09. The monoisotopic (exact) mass is 311 g/mol. The number of hydrogen-bond acceptors (Lipinski definition) is 3. The summed E-state index contributed by atoms with van der Waals surface area (Å²) in [6.45, 7) is 5.80. The Morgan fingerprint density at radius 1 is 1.24 bits per heavy atom. The molecule has 1 aliphatic heterocycles. The number of hydrogen-bond donors (Lipinski definition) is 1. The molecule has 5 heteroatoms. The molecule has 2 rings (SSSR count). The minimum atomic E-state index is -3.56. The van der Waals surface area contributed by atoms with Gasteiger partial charge in [0.2, 0.25) is 10.0 Å². The number of benzene rings is 1. The smallest absolute Gasteiger partial charge is 0.243 e. The van der Waals surface area contributed by atoms with Gasteiger partial charge in [0.25, 0.3) is 0 Å². The molecule has 1 aromatic rings. The maximum atomic E-state index is 13.0. The van der Waals surface area contributed by atoms with E-state index in [1.165, 1.54) is 4.31 Å². The van der Waals surface area contributed by atoms with E-state index in [1.807, 2.05) is 19.1 Å². The van der Waals surface area contributed by atoms with Crippen LogP contribution < -0.4 is 0 Å². The zero-order valence-electron chi connectivity index (χ0n) is 13.0. The Labute approximate surface area is 127 Å². The molecule has 21 heavy (non-hydrogen) atoms. The Bertz CT molecular complexity index is 568. The summed E-state index contributed by atoms with van der Waals surface area (Å²) in [6.07, 6.45) is 2.59. The first-order chi connectivity index (χ1) is 9.87. The van der Waals surface area contributed by atoms with E-state index in [4.69, 9.17) is 0 Å². The van der Waals surface area contributed by atoms with E-state index in [9.17, 15) is 13.5 Å². The average molecular weight is 311 g/mol. The maximum absolute atomic E-state index is 13.0. The van der Waals surface area contributed by atoms with Crippen molar-refractivity contribution in [2.45, 2.75) is 69.5 Å². The van der Waals surface area contributed by atoms with Crippen LogP contribution in [-0.4, -0.2) is 36.0 Å². The number of rotatable bonds is 4. The van der Waals surface area contributed by atoms with Gasteiger partial charge in [0, 0.05) is 12.1 Å². The van der Waals surface area contributed by atoms with Gasteiger partial charge in [-0.3, -0.25) is 0 Å². The molecule has 3 atom stereocenters. The molecule has 1 saturated heterocycles. The molecule has 1 aliphatic rings. The topological polar surface area (TPSA) is 57.6 Å². The zero-order valence-corrected chi connectivity index (χ0v) is 13.8. The van der Waals surface area contributed by atoms with E-state index in [0.29, 0.717) is 11.3 Å². The third-order valence-electron chi connectivity index (χ3n) is 4.33. The van der Waals surface area contributed by atoms with E-state index in [1.54, 1.807) is 19.1 Å². The molecular weight excluding hydrogens is 286 g/mol. The van der Waals surface area contributed by atoms with Gasteiger partial charge < -0.3 is 5.11 Å². The minimum absolute atomic E-state index is 0.0142. The molecule has 0 spiro atoms. The van der Waals surface area contributed by atoms with Crippen LogP contribution in [0.15, 0.2) is 29.2 Å². The summed E-state index contributed by atoms with van der Waals surface area (Å²) in [5, 5.41) is 10.1. The Kier molecular flexibility index (Phi) is 5.07. The van der Waals surface area contributed by atoms with Gasteiger partial charge in [-0.25, -0.2) is 8.42 Å². The molecular formula is C16H25NO3S. The number of piperidine rings is 1. The summed E-state index contributed by atoms with van der Waals surface area (Å²) in [7, 11) is -3.56. The predicted molar refractivity (Wildman–Crippen MR) is 83.6 cm³/mol. The summed E-state index contributed by atoms with van der Waals surface area (Å²) in [6, 6.07) is 6.55. The first kappa shape index (κ1) is 16.5. The summed E-state index contributed by atoms with van der Waals surface area (Å²) in [5.41, 5.74) is 1.03. The van der Waals surface area contributed by atoms with Crippen molar-refractivity contribution in [1.82, 2.24) is 4.31 Å². The van der Waals surface area contributed by atoms with Crippen molar-refractivity contribution in [1.29, 1.82) is 0 Å². The second kappa shape index (κ2) is 6.46.